The minimum Gasteiger partial charge on any atom is -0.495 e. The van der Waals surface area contributed by atoms with Gasteiger partial charge in [-0.25, -0.2) is 17.8 Å². The maximum Gasteiger partial charge on any atom is 0.332 e. The first-order valence-electron chi connectivity index (χ1n) is 10.4. The summed E-state index contributed by atoms with van der Waals surface area (Å²) in [5, 5.41) is 0. The molecule has 0 bridgehead atoms. The highest BCUT2D eigenvalue weighted by Gasteiger charge is 2.15. The van der Waals surface area contributed by atoms with E-state index in [1.165, 1.54) is 12.3 Å². The van der Waals surface area contributed by atoms with Gasteiger partial charge in [0.15, 0.2) is 0 Å². The van der Waals surface area contributed by atoms with E-state index >= 15 is 0 Å². The van der Waals surface area contributed by atoms with E-state index in [1.807, 2.05) is 12.1 Å². The van der Waals surface area contributed by atoms with E-state index < -0.39 is 21.3 Å². The van der Waals surface area contributed by atoms with Crippen LogP contribution in [0.3, 0.4) is 0 Å². The van der Waals surface area contributed by atoms with Gasteiger partial charge in [-0.3, -0.25) is 14.5 Å². The quantitative estimate of drug-likeness (QED) is 0.384. The van der Waals surface area contributed by atoms with Crippen LogP contribution in [-0.2, 0) is 10.0 Å². The Hall–Kier alpha value is -4.44. The van der Waals surface area contributed by atoms with E-state index in [0.29, 0.717) is 28.3 Å². The molecule has 0 atom stereocenters. The molecular formula is C25H22N4O5S. The Morgan fingerprint density at radius 3 is 2.46 bits per heavy atom. The van der Waals surface area contributed by atoms with Crippen molar-refractivity contribution in [3.63, 3.8) is 0 Å². The molecule has 178 valence electrons. The molecule has 0 saturated carbocycles. The maximum absolute atomic E-state index is 12.5. The number of hydrogen-bond donors (Lipinski definition) is 2. The number of H-pyrrole nitrogens is 1. The number of sulfonamides is 1. The molecule has 2 heterocycles. The number of pyridine rings is 1. The molecule has 0 saturated heterocycles. The molecule has 0 aliphatic carbocycles. The fraction of sp³-hybridized carbons (Fsp3) is 0.0800. The summed E-state index contributed by atoms with van der Waals surface area (Å²) in [6, 6.07) is 15.1. The van der Waals surface area contributed by atoms with Crippen molar-refractivity contribution < 1.29 is 13.2 Å². The van der Waals surface area contributed by atoms with Gasteiger partial charge in [0.2, 0.25) is 10.0 Å². The van der Waals surface area contributed by atoms with E-state index in [9.17, 15) is 18.0 Å². The lowest BCUT2D eigenvalue weighted by atomic mass is 10.0. The Kier molecular flexibility index (Phi) is 6.65. The molecule has 2 aromatic heterocycles. The van der Waals surface area contributed by atoms with Crippen LogP contribution in [0.1, 0.15) is 11.1 Å². The summed E-state index contributed by atoms with van der Waals surface area (Å²) in [6.07, 6.45) is 9.31. The van der Waals surface area contributed by atoms with Crippen LogP contribution in [0.15, 0.2) is 82.8 Å². The first-order chi connectivity index (χ1) is 16.7. The minimum absolute atomic E-state index is 0.365. The summed E-state index contributed by atoms with van der Waals surface area (Å²) in [7, 11) is -1.83. The third-order valence-electron chi connectivity index (χ3n) is 5.06. The lowest BCUT2D eigenvalue weighted by Gasteiger charge is -2.15. The number of aromatic amines is 1. The number of aromatic nitrogens is 3. The lowest BCUT2D eigenvalue weighted by molar-refractivity contribution is 0.415. The highest BCUT2D eigenvalue weighted by molar-refractivity contribution is 7.92. The van der Waals surface area contributed by atoms with Crippen LogP contribution in [0.25, 0.3) is 29.0 Å². The Morgan fingerprint density at radius 2 is 1.83 bits per heavy atom. The molecule has 4 rings (SSSR count). The van der Waals surface area contributed by atoms with Gasteiger partial charge in [0.1, 0.15) is 5.75 Å². The van der Waals surface area contributed by atoms with Gasteiger partial charge < -0.3 is 9.72 Å². The molecule has 0 amide bonds. The monoisotopic (exact) mass is 490 g/mol. The zero-order chi connectivity index (χ0) is 25.0. The Labute approximate surface area is 201 Å². The predicted octanol–water partition coefficient (Wildman–Crippen LogP) is 3.14. The molecule has 0 aliphatic heterocycles. The van der Waals surface area contributed by atoms with E-state index in [4.69, 9.17) is 4.74 Å². The largest absolute Gasteiger partial charge is 0.495 e. The molecule has 0 unspecified atom stereocenters. The molecule has 2 N–H and O–H groups in total. The fourth-order valence-electron chi connectivity index (χ4n) is 3.58. The van der Waals surface area contributed by atoms with Gasteiger partial charge in [0.05, 0.1) is 19.1 Å². The standard InChI is InChI=1S/C25H22N4O5S/c1-34-24-18(8-5-17-6-9-20(10-7-17)28-35(2,32)33)14-21(29-23(30)11-13-27-25(29)31)15-22(24)19-4-3-12-26-16-19/h3-16,28H,1-2H3,(H,27,31). The molecule has 0 aliphatic rings. The number of nitrogens with zero attached hydrogens (tertiary/aromatic N) is 2. The van der Waals surface area contributed by atoms with Gasteiger partial charge >= 0.3 is 5.69 Å². The minimum atomic E-state index is -3.37. The van der Waals surface area contributed by atoms with Crippen molar-refractivity contribution in [3.8, 4) is 22.6 Å². The highest BCUT2D eigenvalue weighted by Crippen LogP contribution is 2.36. The Bertz CT molecular complexity index is 1580. The molecule has 4 aromatic rings. The van der Waals surface area contributed by atoms with Crippen molar-refractivity contribution in [2.45, 2.75) is 0 Å². The highest BCUT2D eigenvalue weighted by atomic mass is 32.2. The van der Waals surface area contributed by atoms with E-state index in [2.05, 4.69) is 14.7 Å². The van der Waals surface area contributed by atoms with Crippen LogP contribution in [0, 0.1) is 0 Å². The second-order valence-corrected chi connectivity index (χ2v) is 9.39. The molecule has 0 spiro atoms. The summed E-state index contributed by atoms with van der Waals surface area (Å²) in [5.74, 6) is 0.536. The Balaban J connectivity index is 1.84. The molecule has 2 aromatic carbocycles. The van der Waals surface area contributed by atoms with Crippen LogP contribution in [-0.4, -0.2) is 36.3 Å². The number of nitrogens with one attached hydrogen (secondary N) is 2. The van der Waals surface area contributed by atoms with Crippen molar-refractivity contribution in [2.75, 3.05) is 18.1 Å². The average Bonchev–Trinajstić information content (AvgIpc) is 2.83. The number of anilines is 1. The van der Waals surface area contributed by atoms with Gasteiger partial charge in [-0.1, -0.05) is 30.4 Å². The number of hydrogen-bond acceptors (Lipinski definition) is 6. The fourth-order valence-corrected chi connectivity index (χ4v) is 4.15. The van der Waals surface area contributed by atoms with Crippen molar-refractivity contribution in [1.29, 1.82) is 0 Å². The van der Waals surface area contributed by atoms with Crippen molar-refractivity contribution in [1.82, 2.24) is 14.5 Å². The molecule has 35 heavy (non-hydrogen) atoms. The van der Waals surface area contributed by atoms with E-state index in [-0.39, 0.29) is 0 Å². The summed E-state index contributed by atoms with van der Waals surface area (Å²) in [4.78, 5) is 31.7. The zero-order valence-corrected chi connectivity index (χ0v) is 19.7. The van der Waals surface area contributed by atoms with E-state index in [0.717, 1.165) is 21.9 Å². The maximum atomic E-state index is 12.5. The molecule has 9 nitrogen and oxygen atoms in total. The first-order valence-corrected chi connectivity index (χ1v) is 12.3. The summed E-state index contributed by atoms with van der Waals surface area (Å²) in [6.45, 7) is 0. The van der Waals surface area contributed by atoms with Gasteiger partial charge in [-0.15, -0.1) is 0 Å². The Morgan fingerprint density at radius 1 is 1.06 bits per heavy atom. The smallest absolute Gasteiger partial charge is 0.332 e. The average molecular weight is 491 g/mol. The normalized spacial score (nSPS) is 11.5. The van der Waals surface area contributed by atoms with E-state index in [1.54, 1.807) is 68.0 Å². The van der Waals surface area contributed by atoms with Gasteiger partial charge in [-0.05, 0) is 35.9 Å². The number of rotatable bonds is 7. The third-order valence-corrected chi connectivity index (χ3v) is 5.67. The summed E-state index contributed by atoms with van der Waals surface area (Å²) >= 11 is 0. The number of ether oxygens (including phenoxy) is 1. The second-order valence-electron chi connectivity index (χ2n) is 7.64. The van der Waals surface area contributed by atoms with Crippen LogP contribution in [0.2, 0.25) is 0 Å². The van der Waals surface area contributed by atoms with Crippen molar-refractivity contribution in [2.24, 2.45) is 0 Å². The molecule has 10 heteroatoms. The third kappa shape index (κ3) is 5.56. The first kappa shape index (κ1) is 23.7. The van der Waals surface area contributed by atoms with Crippen LogP contribution < -0.4 is 20.7 Å². The predicted molar refractivity (Wildman–Crippen MR) is 136 cm³/mol. The van der Waals surface area contributed by atoms with Crippen LogP contribution in [0.4, 0.5) is 5.69 Å². The second kappa shape index (κ2) is 9.82. The van der Waals surface area contributed by atoms with Crippen molar-refractivity contribution >= 4 is 27.9 Å². The molecular weight excluding hydrogens is 468 g/mol. The SMILES string of the molecule is COc1c(C=Cc2ccc(NS(C)(=O)=O)cc2)cc(-n2c(=O)cc[nH]c2=O)cc1-c1cccnc1. The number of methoxy groups -OCH3 is 1. The molecule has 0 fully saturated rings. The molecule has 0 radical (unpaired) electrons. The summed E-state index contributed by atoms with van der Waals surface area (Å²) in [5.41, 5.74) is 2.60. The van der Waals surface area contributed by atoms with Gasteiger partial charge in [0, 0.05) is 47.0 Å². The lowest BCUT2D eigenvalue weighted by Crippen LogP contribution is -2.32. The van der Waals surface area contributed by atoms with Crippen molar-refractivity contribution in [3.05, 3.63) is 105 Å². The topological polar surface area (TPSA) is 123 Å². The van der Waals surface area contributed by atoms with Gasteiger partial charge in [-0.2, -0.15) is 0 Å². The van der Waals surface area contributed by atoms with Crippen LogP contribution >= 0.6 is 0 Å². The number of benzene rings is 2. The van der Waals surface area contributed by atoms with Crippen LogP contribution in [0.5, 0.6) is 5.75 Å². The van der Waals surface area contributed by atoms with Gasteiger partial charge in [0.25, 0.3) is 5.56 Å². The summed E-state index contributed by atoms with van der Waals surface area (Å²) < 4.78 is 32.0. The zero-order valence-electron chi connectivity index (χ0n) is 18.9.